The minimum atomic E-state index is -0.419. The zero-order valence-electron chi connectivity index (χ0n) is 10.6. The SMILES string of the molecule is CC1(C)CCC2(CC1)Oc1cc(Br)c(Br)cc1O2. The van der Waals surface area contributed by atoms with Gasteiger partial charge in [0.15, 0.2) is 11.5 Å². The molecule has 4 heteroatoms. The summed E-state index contributed by atoms with van der Waals surface area (Å²) in [5.74, 6) is 1.28. The van der Waals surface area contributed by atoms with Crippen molar-refractivity contribution in [1.29, 1.82) is 0 Å². The van der Waals surface area contributed by atoms with E-state index >= 15 is 0 Å². The number of benzene rings is 1. The molecule has 1 aromatic rings. The summed E-state index contributed by atoms with van der Waals surface area (Å²) in [6.07, 6.45) is 4.21. The lowest BCUT2D eigenvalue weighted by molar-refractivity contribution is -0.123. The van der Waals surface area contributed by atoms with Gasteiger partial charge in [0.05, 0.1) is 0 Å². The molecule has 0 aromatic heterocycles. The van der Waals surface area contributed by atoms with Crippen LogP contribution in [0.25, 0.3) is 0 Å². The second kappa shape index (κ2) is 4.14. The Balaban J connectivity index is 1.85. The van der Waals surface area contributed by atoms with Crippen molar-refractivity contribution in [2.75, 3.05) is 0 Å². The van der Waals surface area contributed by atoms with Gasteiger partial charge in [0, 0.05) is 21.8 Å². The van der Waals surface area contributed by atoms with Crippen LogP contribution in [-0.4, -0.2) is 5.79 Å². The van der Waals surface area contributed by atoms with Crippen LogP contribution in [0.3, 0.4) is 0 Å². The minimum Gasteiger partial charge on any atom is -0.448 e. The molecule has 3 rings (SSSR count). The summed E-state index contributed by atoms with van der Waals surface area (Å²) < 4.78 is 14.2. The first-order chi connectivity index (χ1) is 8.39. The molecule has 1 aliphatic carbocycles. The van der Waals surface area contributed by atoms with Crippen LogP contribution in [0.1, 0.15) is 39.5 Å². The highest BCUT2D eigenvalue weighted by Gasteiger charge is 2.46. The van der Waals surface area contributed by atoms with Crippen molar-refractivity contribution in [3.05, 3.63) is 21.1 Å². The molecule has 18 heavy (non-hydrogen) atoms. The summed E-state index contributed by atoms with van der Waals surface area (Å²) in [5, 5.41) is 0. The molecular formula is C14H16Br2O2. The van der Waals surface area contributed by atoms with Crippen molar-refractivity contribution in [3.63, 3.8) is 0 Å². The summed E-state index contributed by atoms with van der Waals surface area (Å²) >= 11 is 6.99. The molecule has 0 saturated heterocycles. The highest BCUT2D eigenvalue weighted by molar-refractivity contribution is 9.13. The Morgan fingerprint density at radius 1 is 0.889 bits per heavy atom. The highest BCUT2D eigenvalue weighted by atomic mass is 79.9. The molecule has 0 atom stereocenters. The van der Waals surface area contributed by atoms with Crippen LogP contribution >= 0.6 is 31.9 Å². The van der Waals surface area contributed by atoms with E-state index < -0.39 is 5.79 Å². The van der Waals surface area contributed by atoms with E-state index in [2.05, 4.69) is 45.7 Å². The third kappa shape index (κ3) is 2.18. The van der Waals surface area contributed by atoms with Gasteiger partial charge in [-0.15, -0.1) is 0 Å². The molecule has 0 unspecified atom stereocenters. The van der Waals surface area contributed by atoms with Crippen LogP contribution < -0.4 is 9.47 Å². The molecule has 0 radical (unpaired) electrons. The molecule has 1 aromatic carbocycles. The first-order valence-electron chi connectivity index (χ1n) is 6.26. The van der Waals surface area contributed by atoms with Crippen LogP contribution in [0, 0.1) is 5.41 Å². The van der Waals surface area contributed by atoms with Crippen molar-refractivity contribution in [3.8, 4) is 11.5 Å². The predicted molar refractivity (Wildman–Crippen MR) is 78.1 cm³/mol. The Morgan fingerprint density at radius 2 is 1.33 bits per heavy atom. The van der Waals surface area contributed by atoms with E-state index in [-0.39, 0.29) is 0 Å². The third-order valence-electron chi connectivity index (χ3n) is 3.94. The Morgan fingerprint density at radius 3 is 1.78 bits per heavy atom. The van der Waals surface area contributed by atoms with Gasteiger partial charge < -0.3 is 9.47 Å². The monoisotopic (exact) mass is 374 g/mol. The zero-order chi connectivity index (χ0) is 13.0. The van der Waals surface area contributed by atoms with Crippen molar-refractivity contribution in [2.24, 2.45) is 5.41 Å². The van der Waals surface area contributed by atoms with Crippen molar-refractivity contribution in [1.82, 2.24) is 0 Å². The molecule has 2 nitrogen and oxygen atoms in total. The number of hydrogen-bond donors (Lipinski definition) is 0. The Bertz CT molecular complexity index is 454. The molecule has 1 spiro atoms. The number of rotatable bonds is 0. The minimum absolute atomic E-state index is 0.411. The van der Waals surface area contributed by atoms with Gasteiger partial charge >= 0.3 is 0 Å². The number of halogens is 2. The molecule has 0 N–H and O–H groups in total. The maximum absolute atomic E-state index is 6.09. The van der Waals surface area contributed by atoms with Gasteiger partial charge in [-0.05, 0) is 62.2 Å². The first kappa shape index (κ1) is 12.8. The normalized spacial score (nSPS) is 23.3. The smallest absolute Gasteiger partial charge is 0.251 e. The largest absolute Gasteiger partial charge is 0.448 e. The van der Waals surface area contributed by atoms with Crippen LogP contribution in [0.15, 0.2) is 21.1 Å². The Hall–Kier alpha value is -0.220. The van der Waals surface area contributed by atoms with Gasteiger partial charge in [0.2, 0.25) is 0 Å². The molecule has 1 heterocycles. The van der Waals surface area contributed by atoms with Crippen molar-refractivity contribution >= 4 is 31.9 Å². The number of ether oxygens (including phenoxy) is 2. The molecule has 1 saturated carbocycles. The van der Waals surface area contributed by atoms with E-state index in [9.17, 15) is 0 Å². The average molecular weight is 376 g/mol. The third-order valence-corrected chi connectivity index (χ3v) is 5.79. The van der Waals surface area contributed by atoms with Gasteiger partial charge in [-0.3, -0.25) is 0 Å². The van der Waals surface area contributed by atoms with E-state index in [1.54, 1.807) is 0 Å². The van der Waals surface area contributed by atoms with Gasteiger partial charge in [0.25, 0.3) is 5.79 Å². The van der Waals surface area contributed by atoms with Gasteiger partial charge in [-0.2, -0.15) is 0 Å². The van der Waals surface area contributed by atoms with Crippen LogP contribution in [0.5, 0.6) is 11.5 Å². The quantitative estimate of drug-likeness (QED) is 0.614. The first-order valence-corrected chi connectivity index (χ1v) is 7.85. The fraction of sp³-hybridized carbons (Fsp3) is 0.571. The molecule has 2 aliphatic rings. The summed E-state index contributed by atoms with van der Waals surface area (Å²) in [6, 6.07) is 3.96. The van der Waals surface area contributed by atoms with Crippen LogP contribution in [0.2, 0.25) is 0 Å². The number of fused-ring (bicyclic) bond motifs is 1. The average Bonchev–Trinajstić information content (AvgIpc) is 2.62. The fourth-order valence-electron chi connectivity index (χ4n) is 2.60. The van der Waals surface area contributed by atoms with E-state index in [0.29, 0.717) is 5.41 Å². The summed E-state index contributed by atoms with van der Waals surface area (Å²) in [7, 11) is 0. The zero-order valence-corrected chi connectivity index (χ0v) is 13.7. The summed E-state index contributed by atoms with van der Waals surface area (Å²) in [4.78, 5) is 0. The van der Waals surface area contributed by atoms with E-state index in [0.717, 1.165) is 46.1 Å². The van der Waals surface area contributed by atoms with Crippen LogP contribution in [-0.2, 0) is 0 Å². The number of hydrogen-bond acceptors (Lipinski definition) is 2. The van der Waals surface area contributed by atoms with Gasteiger partial charge in [-0.25, -0.2) is 0 Å². The molecule has 1 aliphatic heterocycles. The lowest BCUT2D eigenvalue weighted by Gasteiger charge is -2.39. The lowest BCUT2D eigenvalue weighted by Crippen LogP contribution is -2.44. The standard InChI is InChI=1S/C14H16Br2O2/c1-13(2)3-5-14(6-4-13)17-11-7-9(15)10(16)8-12(11)18-14/h7-8H,3-6H2,1-2H3. The van der Waals surface area contributed by atoms with Gasteiger partial charge in [-0.1, -0.05) is 13.8 Å². The lowest BCUT2D eigenvalue weighted by atomic mass is 9.75. The highest BCUT2D eigenvalue weighted by Crippen LogP contribution is 2.51. The fourth-order valence-corrected chi connectivity index (χ4v) is 3.25. The second-order valence-electron chi connectivity index (χ2n) is 5.99. The van der Waals surface area contributed by atoms with E-state index in [4.69, 9.17) is 9.47 Å². The maximum Gasteiger partial charge on any atom is 0.251 e. The van der Waals surface area contributed by atoms with Crippen molar-refractivity contribution < 1.29 is 9.47 Å². The van der Waals surface area contributed by atoms with E-state index in [1.807, 2.05) is 12.1 Å². The Kier molecular flexibility index (Phi) is 2.94. The molecule has 0 bridgehead atoms. The Labute approximate surface area is 124 Å². The second-order valence-corrected chi connectivity index (χ2v) is 7.70. The maximum atomic E-state index is 6.09. The topological polar surface area (TPSA) is 18.5 Å². The summed E-state index contributed by atoms with van der Waals surface area (Å²) in [5.41, 5.74) is 0.411. The summed E-state index contributed by atoms with van der Waals surface area (Å²) in [6.45, 7) is 4.63. The predicted octanol–water partition coefficient (Wildman–Crippen LogP) is 5.28. The molecule has 98 valence electrons. The molecular weight excluding hydrogens is 360 g/mol. The molecule has 0 amide bonds. The van der Waals surface area contributed by atoms with Gasteiger partial charge in [0.1, 0.15) is 0 Å². The molecule has 1 fully saturated rings. The van der Waals surface area contributed by atoms with Crippen LogP contribution in [0.4, 0.5) is 0 Å². The van der Waals surface area contributed by atoms with E-state index in [1.165, 1.54) is 0 Å². The van der Waals surface area contributed by atoms with Crippen molar-refractivity contribution in [2.45, 2.75) is 45.3 Å².